The minimum Gasteiger partial charge on any atom is -0.353 e. The summed E-state index contributed by atoms with van der Waals surface area (Å²) in [6.45, 7) is 0.862. The number of nitrogen functional groups attached to an aromatic ring is 1. The van der Waals surface area contributed by atoms with Crippen molar-refractivity contribution in [3.8, 4) is 0 Å². The summed E-state index contributed by atoms with van der Waals surface area (Å²) < 4.78 is 0. The molecule has 0 aromatic carbocycles. The van der Waals surface area contributed by atoms with Crippen LogP contribution < -0.4 is 21.5 Å². The number of nitrogens with two attached hydrogens (primary N) is 1. The van der Waals surface area contributed by atoms with Crippen molar-refractivity contribution >= 4 is 23.2 Å². The van der Waals surface area contributed by atoms with Crippen molar-refractivity contribution in [2.75, 3.05) is 30.0 Å². The number of hydrogen-bond donors (Lipinski definition) is 3. The fourth-order valence-electron chi connectivity index (χ4n) is 1.69. The zero-order valence-corrected chi connectivity index (χ0v) is 9.29. The van der Waals surface area contributed by atoms with Gasteiger partial charge < -0.3 is 15.6 Å². The SMILES string of the molecule is NNc1ncnc(N2CCNC(=O)C2)c1[N+](=O)[O-]. The minimum absolute atomic E-state index is 0.0157. The lowest BCUT2D eigenvalue weighted by molar-refractivity contribution is -0.383. The zero-order chi connectivity index (χ0) is 13.1. The highest BCUT2D eigenvalue weighted by molar-refractivity contribution is 5.84. The van der Waals surface area contributed by atoms with Crippen molar-refractivity contribution in [2.45, 2.75) is 0 Å². The molecule has 0 bridgehead atoms. The molecule has 0 spiro atoms. The molecule has 2 rings (SSSR count). The number of nitro groups is 1. The van der Waals surface area contributed by atoms with E-state index < -0.39 is 4.92 Å². The number of hydrazine groups is 1. The van der Waals surface area contributed by atoms with Crippen molar-refractivity contribution in [2.24, 2.45) is 5.84 Å². The highest BCUT2D eigenvalue weighted by atomic mass is 16.6. The van der Waals surface area contributed by atoms with Gasteiger partial charge in [0.25, 0.3) is 0 Å². The summed E-state index contributed by atoms with van der Waals surface area (Å²) in [4.78, 5) is 30.7. The van der Waals surface area contributed by atoms with Gasteiger partial charge in [0, 0.05) is 13.1 Å². The number of amides is 1. The molecule has 2 heterocycles. The quantitative estimate of drug-likeness (QED) is 0.339. The first-order valence-corrected chi connectivity index (χ1v) is 5.11. The number of nitrogens with one attached hydrogen (secondary N) is 2. The number of carbonyl (C=O) groups excluding carboxylic acids is 1. The Hall–Kier alpha value is -2.49. The van der Waals surface area contributed by atoms with Gasteiger partial charge in [0.15, 0.2) is 0 Å². The maximum atomic E-state index is 11.3. The second-order valence-corrected chi connectivity index (χ2v) is 3.57. The van der Waals surface area contributed by atoms with Crippen LogP contribution in [0.4, 0.5) is 17.3 Å². The molecule has 10 heteroatoms. The number of anilines is 2. The lowest BCUT2D eigenvalue weighted by Crippen LogP contribution is -2.48. The second-order valence-electron chi connectivity index (χ2n) is 3.57. The Morgan fingerprint density at radius 3 is 2.94 bits per heavy atom. The van der Waals surface area contributed by atoms with Gasteiger partial charge in [-0.2, -0.15) is 0 Å². The molecule has 1 aliphatic heterocycles. The molecule has 1 amide bonds. The minimum atomic E-state index is -0.628. The molecular weight excluding hydrogens is 242 g/mol. The van der Waals surface area contributed by atoms with Crippen molar-refractivity contribution in [1.82, 2.24) is 15.3 Å². The zero-order valence-electron chi connectivity index (χ0n) is 9.29. The van der Waals surface area contributed by atoms with Crippen LogP contribution in [0.15, 0.2) is 6.33 Å². The number of carbonyl (C=O) groups is 1. The fraction of sp³-hybridized carbons (Fsp3) is 0.375. The smallest absolute Gasteiger partial charge is 0.353 e. The Balaban J connectivity index is 2.43. The van der Waals surface area contributed by atoms with Gasteiger partial charge in [0.1, 0.15) is 6.33 Å². The lowest BCUT2D eigenvalue weighted by Gasteiger charge is -2.27. The molecule has 10 nitrogen and oxygen atoms in total. The van der Waals surface area contributed by atoms with Crippen molar-refractivity contribution in [1.29, 1.82) is 0 Å². The van der Waals surface area contributed by atoms with Crippen LogP contribution in [-0.2, 0) is 4.79 Å². The normalized spacial score (nSPS) is 15.2. The van der Waals surface area contributed by atoms with Gasteiger partial charge in [-0.1, -0.05) is 0 Å². The van der Waals surface area contributed by atoms with Crippen LogP contribution in [0.3, 0.4) is 0 Å². The number of piperazine rings is 1. The van der Waals surface area contributed by atoms with Gasteiger partial charge in [-0.15, -0.1) is 0 Å². The first-order valence-electron chi connectivity index (χ1n) is 5.11. The summed E-state index contributed by atoms with van der Waals surface area (Å²) in [7, 11) is 0. The van der Waals surface area contributed by atoms with Crippen LogP contribution in [0.25, 0.3) is 0 Å². The van der Waals surface area contributed by atoms with E-state index in [4.69, 9.17) is 5.84 Å². The van der Waals surface area contributed by atoms with E-state index in [1.807, 2.05) is 0 Å². The molecule has 1 aromatic heterocycles. The van der Waals surface area contributed by atoms with Crippen LogP contribution in [0.2, 0.25) is 0 Å². The van der Waals surface area contributed by atoms with Gasteiger partial charge in [-0.25, -0.2) is 15.8 Å². The average molecular weight is 253 g/mol. The molecule has 1 saturated heterocycles. The molecule has 4 N–H and O–H groups in total. The first-order chi connectivity index (χ1) is 8.63. The van der Waals surface area contributed by atoms with Gasteiger partial charge >= 0.3 is 5.69 Å². The van der Waals surface area contributed by atoms with E-state index in [0.29, 0.717) is 13.1 Å². The predicted octanol–water partition coefficient (Wildman–Crippen LogP) is -1.39. The third-order valence-electron chi connectivity index (χ3n) is 2.46. The maximum Gasteiger partial charge on any atom is 0.354 e. The molecule has 96 valence electrons. The van der Waals surface area contributed by atoms with Crippen molar-refractivity contribution in [3.05, 3.63) is 16.4 Å². The molecule has 0 atom stereocenters. The first kappa shape index (κ1) is 12.0. The standard InChI is InChI=1S/C8H11N7O3/c9-13-7-6(15(17)18)8(12-4-11-7)14-2-1-10-5(16)3-14/h4H,1-3,9H2,(H,10,16)(H,11,12,13). The Kier molecular flexibility index (Phi) is 3.19. The summed E-state index contributed by atoms with van der Waals surface area (Å²) in [5.41, 5.74) is 1.81. The molecule has 0 unspecified atom stereocenters. The molecular formula is C8H11N7O3. The average Bonchev–Trinajstić information content (AvgIpc) is 2.37. The number of nitrogens with zero attached hydrogens (tertiary/aromatic N) is 4. The van der Waals surface area contributed by atoms with Gasteiger partial charge in [-0.05, 0) is 0 Å². The second kappa shape index (κ2) is 4.79. The monoisotopic (exact) mass is 253 g/mol. The van der Waals surface area contributed by atoms with E-state index in [1.54, 1.807) is 0 Å². The van der Waals surface area contributed by atoms with Crippen LogP contribution in [-0.4, -0.2) is 40.4 Å². The summed E-state index contributed by atoms with van der Waals surface area (Å²) in [5.74, 6) is 4.95. The van der Waals surface area contributed by atoms with Crippen LogP contribution >= 0.6 is 0 Å². The summed E-state index contributed by atoms with van der Waals surface area (Å²) in [6.07, 6.45) is 1.16. The van der Waals surface area contributed by atoms with E-state index in [-0.39, 0.29) is 29.8 Å². The fourth-order valence-corrected chi connectivity index (χ4v) is 1.69. The molecule has 1 aromatic rings. The molecule has 1 fully saturated rings. The third kappa shape index (κ3) is 2.13. The third-order valence-corrected chi connectivity index (χ3v) is 2.46. The molecule has 0 aliphatic carbocycles. The van der Waals surface area contributed by atoms with Crippen molar-refractivity contribution in [3.63, 3.8) is 0 Å². The summed E-state index contributed by atoms with van der Waals surface area (Å²) >= 11 is 0. The van der Waals surface area contributed by atoms with Gasteiger partial charge in [0.05, 0.1) is 11.5 Å². The molecule has 0 saturated carbocycles. The largest absolute Gasteiger partial charge is 0.354 e. The highest BCUT2D eigenvalue weighted by Gasteiger charge is 2.29. The van der Waals surface area contributed by atoms with Gasteiger partial charge in [0.2, 0.25) is 17.5 Å². The van der Waals surface area contributed by atoms with E-state index in [1.165, 1.54) is 4.90 Å². The Morgan fingerprint density at radius 2 is 2.33 bits per heavy atom. The van der Waals surface area contributed by atoms with E-state index in [9.17, 15) is 14.9 Å². The maximum absolute atomic E-state index is 11.3. The van der Waals surface area contributed by atoms with Crippen molar-refractivity contribution < 1.29 is 9.72 Å². The lowest BCUT2D eigenvalue weighted by atomic mass is 10.3. The Labute approximate surface area is 101 Å². The molecule has 1 aliphatic rings. The van der Waals surface area contributed by atoms with E-state index >= 15 is 0 Å². The van der Waals surface area contributed by atoms with Crippen LogP contribution in [0, 0.1) is 10.1 Å². The molecule has 0 radical (unpaired) electrons. The number of rotatable bonds is 3. The molecule has 18 heavy (non-hydrogen) atoms. The van der Waals surface area contributed by atoms with Gasteiger partial charge in [-0.3, -0.25) is 14.9 Å². The van der Waals surface area contributed by atoms with E-state index in [2.05, 4.69) is 20.7 Å². The van der Waals surface area contributed by atoms with Crippen LogP contribution in [0.1, 0.15) is 0 Å². The summed E-state index contributed by atoms with van der Waals surface area (Å²) in [6, 6.07) is 0. The topological polar surface area (TPSA) is 139 Å². The van der Waals surface area contributed by atoms with E-state index in [0.717, 1.165) is 6.33 Å². The highest BCUT2D eigenvalue weighted by Crippen LogP contribution is 2.31. The predicted molar refractivity (Wildman–Crippen MR) is 61.7 cm³/mol. The Bertz CT molecular complexity index is 492. The number of hydrogen-bond acceptors (Lipinski definition) is 8. The number of aromatic nitrogens is 2. The summed E-state index contributed by atoms with van der Waals surface area (Å²) in [5, 5.41) is 13.7. The van der Waals surface area contributed by atoms with Crippen LogP contribution in [0.5, 0.6) is 0 Å². The Morgan fingerprint density at radius 1 is 1.56 bits per heavy atom.